The molecule has 10 heteroatoms. The fraction of sp³-hybridized carbons (Fsp3) is 0.542. The molecule has 2 saturated heterocycles. The van der Waals surface area contributed by atoms with E-state index in [4.69, 9.17) is 9.47 Å². The van der Waals surface area contributed by atoms with Crippen LogP contribution < -0.4 is 10.1 Å². The van der Waals surface area contributed by atoms with E-state index in [0.717, 1.165) is 73.1 Å². The van der Waals surface area contributed by atoms with Gasteiger partial charge in [0.05, 0.1) is 23.8 Å². The minimum atomic E-state index is 0.171. The Hall–Kier alpha value is -2.69. The van der Waals surface area contributed by atoms with E-state index in [1.165, 1.54) is 17.8 Å². The molecule has 3 aliphatic rings. The van der Waals surface area contributed by atoms with E-state index < -0.39 is 0 Å². The third-order valence-electron chi connectivity index (χ3n) is 7.27. The maximum atomic E-state index is 6.12. The Labute approximate surface area is 203 Å². The average molecular weight is 480 g/mol. The van der Waals surface area contributed by atoms with E-state index >= 15 is 0 Å². The van der Waals surface area contributed by atoms with Crippen molar-refractivity contribution in [3.05, 3.63) is 36.4 Å². The van der Waals surface area contributed by atoms with Crippen molar-refractivity contribution in [2.45, 2.75) is 50.7 Å². The maximum absolute atomic E-state index is 6.12. The molecule has 9 nitrogen and oxygen atoms in total. The molecule has 0 amide bonds. The first-order valence-corrected chi connectivity index (χ1v) is 12.8. The second-order valence-electron chi connectivity index (χ2n) is 9.67. The van der Waals surface area contributed by atoms with Crippen molar-refractivity contribution in [2.24, 2.45) is 5.41 Å². The van der Waals surface area contributed by atoms with Crippen molar-refractivity contribution >= 4 is 22.4 Å². The number of aromatic nitrogens is 5. The van der Waals surface area contributed by atoms with Gasteiger partial charge in [-0.15, -0.1) is 0 Å². The normalized spacial score (nSPS) is 22.6. The number of nitrogens with zero attached hydrogens (tertiary/aromatic N) is 6. The van der Waals surface area contributed by atoms with Crippen LogP contribution in [0.15, 0.2) is 30.9 Å². The highest BCUT2D eigenvalue weighted by Gasteiger charge is 2.42. The fourth-order valence-electron chi connectivity index (χ4n) is 5.14. The highest BCUT2D eigenvalue weighted by molar-refractivity contribution is 7.18. The van der Waals surface area contributed by atoms with Gasteiger partial charge in [0.1, 0.15) is 6.10 Å². The number of ether oxygens (including phenoxy) is 2. The Morgan fingerprint density at radius 1 is 1.09 bits per heavy atom. The van der Waals surface area contributed by atoms with E-state index in [0.29, 0.717) is 23.4 Å². The number of nitrogens with one attached hydrogen (secondary N) is 1. The van der Waals surface area contributed by atoms with E-state index in [1.807, 2.05) is 24.7 Å². The van der Waals surface area contributed by atoms with Crippen LogP contribution in [0.1, 0.15) is 50.1 Å². The van der Waals surface area contributed by atoms with Gasteiger partial charge in [0.2, 0.25) is 5.95 Å². The lowest BCUT2D eigenvalue weighted by Crippen LogP contribution is -2.46. The van der Waals surface area contributed by atoms with Gasteiger partial charge in [-0.05, 0) is 58.2 Å². The van der Waals surface area contributed by atoms with Crippen LogP contribution in [0.25, 0.3) is 10.6 Å². The lowest BCUT2D eigenvalue weighted by molar-refractivity contribution is -0.140. The number of anilines is 2. The van der Waals surface area contributed by atoms with Crippen LogP contribution in [0.5, 0.6) is 6.01 Å². The van der Waals surface area contributed by atoms with E-state index in [9.17, 15) is 0 Å². The number of rotatable bonds is 6. The van der Waals surface area contributed by atoms with Crippen LogP contribution >= 0.6 is 11.3 Å². The zero-order valence-corrected chi connectivity index (χ0v) is 20.1. The average Bonchev–Trinajstić information content (AvgIpc) is 3.48. The summed E-state index contributed by atoms with van der Waals surface area (Å²) in [6.45, 7) is 2.93. The van der Waals surface area contributed by atoms with Gasteiger partial charge in [0.25, 0.3) is 0 Å². The van der Waals surface area contributed by atoms with Crippen molar-refractivity contribution in [3.8, 4) is 16.6 Å². The van der Waals surface area contributed by atoms with Gasteiger partial charge in [-0.3, -0.25) is 4.90 Å². The lowest BCUT2D eigenvalue weighted by atomic mass is 9.72. The summed E-state index contributed by atoms with van der Waals surface area (Å²) in [5.74, 6) is 0.545. The number of likely N-dealkylation sites (tertiary alicyclic amines) is 1. The molecule has 1 saturated carbocycles. The van der Waals surface area contributed by atoms with Gasteiger partial charge in [-0.2, -0.15) is 4.98 Å². The van der Waals surface area contributed by atoms with Gasteiger partial charge in [0.15, 0.2) is 5.13 Å². The van der Waals surface area contributed by atoms with Crippen molar-refractivity contribution in [1.82, 2.24) is 29.8 Å². The summed E-state index contributed by atoms with van der Waals surface area (Å²) in [5, 5.41) is 3.93. The summed E-state index contributed by atoms with van der Waals surface area (Å²) < 4.78 is 11.5. The Kier molecular flexibility index (Phi) is 5.88. The van der Waals surface area contributed by atoms with Gasteiger partial charge >= 0.3 is 6.01 Å². The predicted octanol–water partition coefficient (Wildman–Crippen LogP) is 4.24. The monoisotopic (exact) mass is 479 g/mol. The Morgan fingerprint density at radius 3 is 2.62 bits per heavy atom. The topological polar surface area (TPSA) is 98.2 Å². The van der Waals surface area contributed by atoms with Crippen LogP contribution in [0, 0.1) is 5.41 Å². The Balaban J connectivity index is 1.08. The smallest absolute Gasteiger partial charge is 0.317 e. The largest absolute Gasteiger partial charge is 0.460 e. The maximum Gasteiger partial charge on any atom is 0.317 e. The summed E-state index contributed by atoms with van der Waals surface area (Å²) in [5.41, 5.74) is 2.37. The van der Waals surface area contributed by atoms with Gasteiger partial charge in [0, 0.05) is 41.8 Å². The minimum Gasteiger partial charge on any atom is -0.460 e. The molecule has 3 aromatic heterocycles. The molecule has 6 rings (SSSR count). The van der Waals surface area contributed by atoms with Crippen molar-refractivity contribution in [3.63, 3.8) is 0 Å². The SMILES string of the molecule is CN1CCC[C@H]1c1cnc(Nc2ncc(-c3ccnc(OC4CCC5(CC4)COC5)n3)s2)nc1. The minimum absolute atomic E-state index is 0.171. The van der Waals surface area contributed by atoms with Gasteiger partial charge in [-0.25, -0.2) is 19.9 Å². The van der Waals surface area contributed by atoms with Crippen LogP contribution in [-0.2, 0) is 4.74 Å². The second-order valence-corrected chi connectivity index (χ2v) is 10.7. The number of thiazole rings is 1. The van der Waals surface area contributed by atoms with Crippen molar-refractivity contribution in [2.75, 3.05) is 32.1 Å². The van der Waals surface area contributed by atoms with E-state index in [2.05, 4.69) is 42.2 Å². The molecule has 3 fully saturated rings. The van der Waals surface area contributed by atoms with E-state index in [1.54, 1.807) is 6.20 Å². The Morgan fingerprint density at radius 2 is 1.91 bits per heavy atom. The summed E-state index contributed by atoms with van der Waals surface area (Å²) in [6.07, 6.45) is 14.3. The third-order valence-corrected chi connectivity index (χ3v) is 8.20. The molecule has 1 aliphatic carbocycles. The first-order valence-electron chi connectivity index (χ1n) is 12.0. The van der Waals surface area contributed by atoms with Crippen LogP contribution in [0.2, 0.25) is 0 Å². The second kappa shape index (κ2) is 9.16. The molecule has 178 valence electrons. The Bertz CT molecular complexity index is 1120. The van der Waals surface area contributed by atoms with Crippen LogP contribution in [0.3, 0.4) is 0 Å². The molecule has 5 heterocycles. The summed E-state index contributed by atoms with van der Waals surface area (Å²) in [7, 11) is 2.15. The molecule has 0 aromatic carbocycles. The molecule has 34 heavy (non-hydrogen) atoms. The molecule has 3 aromatic rings. The number of hydrogen-bond acceptors (Lipinski definition) is 10. The van der Waals surface area contributed by atoms with Crippen molar-refractivity contribution in [1.29, 1.82) is 0 Å². The summed E-state index contributed by atoms with van der Waals surface area (Å²) in [4.78, 5) is 25.7. The zero-order chi connectivity index (χ0) is 23.0. The van der Waals surface area contributed by atoms with Crippen LogP contribution in [0.4, 0.5) is 11.1 Å². The number of hydrogen-bond donors (Lipinski definition) is 1. The van der Waals surface area contributed by atoms with E-state index in [-0.39, 0.29) is 6.10 Å². The van der Waals surface area contributed by atoms with Gasteiger partial charge < -0.3 is 14.8 Å². The van der Waals surface area contributed by atoms with Crippen molar-refractivity contribution < 1.29 is 9.47 Å². The highest BCUT2D eigenvalue weighted by Crippen LogP contribution is 2.43. The van der Waals surface area contributed by atoms with Crippen LogP contribution in [-0.4, -0.2) is 62.7 Å². The molecule has 0 bridgehead atoms. The third kappa shape index (κ3) is 4.49. The molecule has 0 radical (unpaired) electrons. The molecule has 2 aliphatic heterocycles. The fourth-order valence-corrected chi connectivity index (χ4v) is 5.92. The molecular weight excluding hydrogens is 450 g/mol. The molecular formula is C24H29N7O2S. The highest BCUT2D eigenvalue weighted by atomic mass is 32.1. The molecule has 1 spiro atoms. The summed E-state index contributed by atoms with van der Waals surface area (Å²) >= 11 is 1.51. The summed E-state index contributed by atoms with van der Waals surface area (Å²) in [6, 6.07) is 2.73. The molecule has 1 N–H and O–H groups in total. The molecule has 1 atom stereocenters. The molecule has 0 unspecified atom stereocenters. The first-order chi connectivity index (χ1) is 16.7. The standard InChI is InChI=1S/C24H29N7O2S/c1-31-10-2-3-19(31)16-11-26-21(27-12-16)30-23-28-13-20(34-23)18-6-9-25-22(29-18)33-17-4-7-24(8-5-17)14-32-15-24/h6,9,11-13,17,19H,2-5,7-8,10,14-15H2,1H3,(H,26,27,28,30)/t19-/m0/s1. The lowest BCUT2D eigenvalue weighted by Gasteiger charge is -2.45. The zero-order valence-electron chi connectivity index (χ0n) is 19.3. The first kappa shape index (κ1) is 21.8. The predicted molar refractivity (Wildman–Crippen MR) is 129 cm³/mol. The quantitative estimate of drug-likeness (QED) is 0.556. The van der Waals surface area contributed by atoms with Gasteiger partial charge in [-0.1, -0.05) is 11.3 Å².